The summed E-state index contributed by atoms with van der Waals surface area (Å²) in [6, 6.07) is 16.2. The van der Waals surface area contributed by atoms with Gasteiger partial charge in [-0.15, -0.1) is 0 Å². The number of carbonyl (C=O) groups is 3. The number of aromatic nitrogens is 1. The summed E-state index contributed by atoms with van der Waals surface area (Å²) in [5.41, 5.74) is 7.88. The minimum absolute atomic E-state index is 0.150. The van der Waals surface area contributed by atoms with Crippen molar-refractivity contribution < 1.29 is 23.9 Å². The van der Waals surface area contributed by atoms with Gasteiger partial charge in [0.1, 0.15) is 23.6 Å². The molecule has 1 saturated heterocycles. The SMILES string of the molecule is C=CC(=O)NCC(=O)N1C[C@H](Oc2cc(-c3ccccc3)nc3cc(OC)ccc23)C[C@H]1C(N)=O. The zero-order valence-corrected chi connectivity index (χ0v) is 19.3. The average Bonchev–Trinajstić information content (AvgIpc) is 3.31. The fourth-order valence-corrected chi connectivity index (χ4v) is 4.10. The first-order valence-corrected chi connectivity index (χ1v) is 11.1. The number of nitrogens with one attached hydrogen (secondary N) is 1. The molecule has 4 rings (SSSR count). The number of nitrogens with two attached hydrogens (primary N) is 1. The lowest BCUT2D eigenvalue weighted by Gasteiger charge is -2.22. The van der Waals surface area contributed by atoms with Gasteiger partial charge in [-0.3, -0.25) is 14.4 Å². The normalized spacial score (nSPS) is 17.1. The number of primary amides is 1. The Hall–Kier alpha value is -4.40. The number of hydrogen-bond acceptors (Lipinski definition) is 6. The molecule has 9 nitrogen and oxygen atoms in total. The van der Waals surface area contributed by atoms with Gasteiger partial charge in [-0.05, 0) is 18.2 Å². The van der Waals surface area contributed by atoms with Gasteiger partial charge in [-0.2, -0.15) is 0 Å². The number of ether oxygens (including phenoxy) is 2. The van der Waals surface area contributed by atoms with E-state index in [1.165, 1.54) is 4.90 Å². The van der Waals surface area contributed by atoms with Crippen molar-refractivity contribution in [3.63, 3.8) is 0 Å². The number of rotatable bonds is 8. The van der Waals surface area contributed by atoms with Crippen molar-refractivity contribution in [2.24, 2.45) is 5.73 Å². The molecule has 9 heteroatoms. The number of likely N-dealkylation sites (tertiary alicyclic amines) is 1. The zero-order valence-electron chi connectivity index (χ0n) is 19.3. The Bertz CT molecular complexity index is 1280. The summed E-state index contributed by atoms with van der Waals surface area (Å²) in [5, 5.41) is 3.20. The van der Waals surface area contributed by atoms with Crippen LogP contribution < -0.4 is 20.5 Å². The molecular formula is C26H26N4O5. The molecule has 0 spiro atoms. The third kappa shape index (κ3) is 5.24. The minimum atomic E-state index is -0.838. The lowest BCUT2D eigenvalue weighted by molar-refractivity contribution is -0.137. The summed E-state index contributed by atoms with van der Waals surface area (Å²) in [6.45, 7) is 3.24. The van der Waals surface area contributed by atoms with Crippen LogP contribution >= 0.6 is 0 Å². The second-order valence-electron chi connectivity index (χ2n) is 8.12. The highest BCUT2D eigenvalue weighted by molar-refractivity contribution is 5.93. The highest BCUT2D eigenvalue weighted by Gasteiger charge is 2.39. The summed E-state index contributed by atoms with van der Waals surface area (Å²) in [7, 11) is 1.59. The molecule has 0 aliphatic carbocycles. The maximum atomic E-state index is 12.7. The summed E-state index contributed by atoms with van der Waals surface area (Å²) in [6.07, 6.45) is 0.822. The lowest BCUT2D eigenvalue weighted by atomic mass is 10.1. The zero-order chi connectivity index (χ0) is 24.9. The van der Waals surface area contributed by atoms with Gasteiger partial charge in [0.05, 0.1) is 31.4 Å². The van der Waals surface area contributed by atoms with Crippen molar-refractivity contribution in [2.45, 2.75) is 18.6 Å². The third-order valence-corrected chi connectivity index (χ3v) is 5.85. The van der Waals surface area contributed by atoms with Crippen molar-refractivity contribution in [2.75, 3.05) is 20.2 Å². The van der Waals surface area contributed by atoms with Gasteiger partial charge < -0.3 is 25.4 Å². The van der Waals surface area contributed by atoms with Gasteiger partial charge in [0.2, 0.25) is 17.7 Å². The Morgan fingerprint density at radius 2 is 1.97 bits per heavy atom. The van der Waals surface area contributed by atoms with E-state index in [0.717, 1.165) is 17.0 Å². The fourth-order valence-electron chi connectivity index (χ4n) is 4.10. The summed E-state index contributed by atoms with van der Waals surface area (Å²) >= 11 is 0. The van der Waals surface area contributed by atoms with Gasteiger partial charge in [-0.25, -0.2) is 4.98 Å². The number of pyridine rings is 1. The Morgan fingerprint density at radius 1 is 1.20 bits per heavy atom. The van der Waals surface area contributed by atoms with Crippen molar-refractivity contribution in [1.29, 1.82) is 0 Å². The van der Waals surface area contributed by atoms with E-state index in [-0.39, 0.29) is 19.5 Å². The van der Waals surface area contributed by atoms with Crippen LogP contribution in [0.1, 0.15) is 6.42 Å². The smallest absolute Gasteiger partial charge is 0.243 e. The quantitative estimate of drug-likeness (QED) is 0.482. The molecule has 1 aliphatic heterocycles. The van der Waals surface area contributed by atoms with Gasteiger partial charge in [0.15, 0.2) is 0 Å². The molecule has 0 unspecified atom stereocenters. The maximum Gasteiger partial charge on any atom is 0.243 e. The van der Waals surface area contributed by atoms with Crippen LogP contribution in [0.25, 0.3) is 22.2 Å². The Balaban J connectivity index is 1.64. The highest BCUT2D eigenvalue weighted by Crippen LogP contribution is 2.34. The molecule has 0 bridgehead atoms. The molecule has 3 N–H and O–H groups in total. The van der Waals surface area contributed by atoms with E-state index < -0.39 is 29.9 Å². The van der Waals surface area contributed by atoms with Crippen molar-refractivity contribution in [1.82, 2.24) is 15.2 Å². The molecule has 2 aromatic carbocycles. The Labute approximate surface area is 202 Å². The van der Waals surface area contributed by atoms with Gasteiger partial charge >= 0.3 is 0 Å². The van der Waals surface area contributed by atoms with Crippen LogP contribution in [0.4, 0.5) is 0 Å². The first-order valence-electron chi connectivity index (χ1n) is 11.1. The Kier molecular flexibility index (Phi) is 6.96. The van der Waals surface area contributed by atoms with Crippen LogP contribution in [-0.2, 0) is 14.4 Å². The van der Waals surface area contributed by atoms with Gasteiger partial charge in [-0.1, -0.05) is 36.9 Å². The first kappa shape index (κ1) is 23.7. The van der Waals surface area contributed by atoms with Crippen molar-refractivity contribution in [3.05, 3.63) is 67.3 Å². The highest BCUT2D eigenvalue weighted by atomic mass is 16.5. The summed E-state index contributed by atoms with van der Waals surface area (Å²) in [5.74, 6) is -0.306. The molecule has 3 aromatic rings. The molecule has 0 radical (unpaired) electrons. The molecular weight excluding hydrogens is 448 g/mol. The van der Waals surface area contributed by atoms with E-state index in [9.17, 15) is 14.4 Å². The lowest BCUT2D eigenvalue weighted by Crippen LogP contribution is -2.47. The van der Waals surface area contributed by atoms with Crippen LogP contribution in [0.5, 0.6) is 11.5 Å². The van der Waals surface area contributed by atoms with E-state index in [2.05, 4.69) is 11.9 Å². The monoisotopic (exact) mass is 474 g/mol. The van der Waals surface area contributed by atoms with Gasteiger partial charge in [0.25, 0.3) is 0 Å². The van der Waals surface area contributed by atoms with Crippen LogP contribution in [0.15, 0.2) is 67.3 Å². The molecule has 180 valence electrons. The first-order chi connectivity index (χ1) is 16.9. The standard InChI is InChI=1S/C26H26N4O5/c1-3-24(31)28-14-25(32)30-15-18(12-22(30)26(27)33)35-23-13-20(16-7-5-4-6-8-16)29-21-11-17(34-2)9-10-19(21)23/h3-11,13,18,22H,1,12,14-15H2,2H3,(H2,27,33)(H,28,31)/t18-,22+/m1/s1. The van der Waals surface area contributed by atoms with Crippen molar-refractivity contribution >= 4 is 28.6 Å². The molecule has 0 saturated carbocycles. The summed E-state index contributed by atoms with van der Waals surface area (Å²) < 4.78 is 11.7. The molecule has 1 fully saturated rings. The number of nitrogens with zero attached hydrogens (tertiary/aromatic N) is 2. The predicted molar refractivity (Wildman–Crippen MR) is 131 cm³/mol. The number of carbonyl (C=O) groups excluding carboxylic acids is 3. The molecule has 2 atom stereocenters. The number of methoxy groups -OCH3 is 1. The van der Waals surface area contributed by atoms with Crippen LogP contribution in [0.2, 0.25) is 0 Å². The van der Waals surface area contributed by atoms with E-state index in [1.807, 2.05) is 54.6 Å². The topological polar surface area (TPSA) is 124 Å². The number of benzene rings is 2. The van der Waals surface area contributed by atoms with E-state index >= 15 is 0 Å². The fraction of sp³-hybridized carbons (Fsp3) is 0.231. The number of fused-ring (bicyclic) bond motifs is 1. The van der Waals surface area contributed by atoms with Crippen LogP contribution in [-0.4, -0.2) is 60.0 Å². The second kappa shape index (κ2) is 10.3. The average molecular weight is 475 g/mol. The molecule has 3 amide bonds. The third-order valence-electron chi connectivity index (χ3n) is 5.85. The molecule has 1 aliphatic rings. The van der Waals surface area contributed by atoms with Crippen molar-refractivity contribution in [3.8, 4) is 22.8 Å². The van der Waals surface area contributed by atoms with Gasteiger partial charge in [0, 0.05) is 29.5 Å². The van der Waals surface area contributed by atoms with E-state index in [4.69, 9.17) is 20.2 Å². The van der Waals surface area contributed by atoms with E-state index in [0.29, 0.717) is 22.7 Å². The second-order valence-corrected chi connectivity index (χ2v) is 8.12. The Morgan fingerprint density at radius 3 is 2.66 bits per heavy atom. The predicted octanol–water partition coefficient (Wildman–Crippen LogP) is 2.05. The van der Waals surface area contributed by atoms with E-state index in [1.54, 1.807) is 7.11 Å². The number of hydrogen-bond donors (Lipinski definition) is 2. The molecule has 35 heavy (non-hydrogen) atoms. The van der Waals surface area contributed by atoms with Crippen LogP contribution in [0, 0.1) is 0 Å². The number of amides is 3. The largest absolute Gasteiger partial charge is 0.497 e. The molecule has 1 aromatic heterocycles. The molecule has 2 heterocycles. The van der Waals surface area contributed by atoms with Crippen LogP contribution in [0.3, 0.4) is 0 Å². The maximum absolute atomic E-state index is 12.7. The minimum Gasteiger partial charge on any atom is -0.497 e. The summed E-state index contributed by atoms with van der Waals surface area (Å²) in [4.78, 5) is 42.3.